The Bertz CT molecular complexity index is 624. The Morgan fingerprint density at radius 3 is 2.74 bits per heavy atom. The summed E-state index contributed by atoms with van der Waals surface area (Å²) in [5.41, 5.74) is 2.50. The van der Waals surface area contributed by atoms with Gasteiger partial charge in [0.1, 0.15) is 0 Å². The van der Waals surface area contributed by atoms with E-state index in [-0.39, 0.29) is 0 Å². The number of pyridine rings is 1. The van der Waals surface area contributed by atoms with E-state index < -0.39 is 0 Å². The van der Waals surface area contributed by atoms with Crippen LogP contribution < -0.4 is 10.6 Å². The van der Waals surface area contributed by atoms with Crippen LogP contribution in [0.3, 0.4) is 0 Å². The van der Waals surface area contributed by atoms with Crippen LogP contribution in [0.1, 0.15) is 30.5 Å². The minimum atomic E-state index is 0.491. The van der Waals surface area contributed by atoms with E-state index in [2.05, 4.69) is 57.9 Å². The first-order valence-corrected chi connectivity index (χ1v) is 8.36. The van der Waals surface area contributed by atoms with Crippen molar-refractivity contribution in [2.45, 2.75) is 31.7 Å². The van der Waals surface area contributed by atoms with E-state index in [1.54, 1.807) is 0 Å². The fourth-order valence-corrected chi connectivity index (χ4v) is 2.75. The van der Waals surface area contributed by atoms with Crippen LogP contribution in [0, 0.1) is 0 Å². The van der Waals surface area contributed by atoms with Gasteiger partial charge < -0.3 is 10.6 Å². The first-order valence-electron chi connectivity index (χ1n) is 8.36. The van der Waals surface area contributed by atoms with Crippen LogP contribution in [0.25, 0.3) is 0 Å². The monoisotopic (exact) mass is 308 g/mol. The predicted molar refractivity (Wildman–Crippen MR) is 94.6 cm³/mol. The maximum atomic E-state index is 4.67. The largest absolute Gasteiger partial charge is 0.357 e. The molecular weight excluding hydrogens is 284 g/mol. The van der Waals surface area contributed by atoms with Crippen molar-refractivity contribution in [2.75, 3.05) is 13.1 Å². The Morgan fingerprint density at radius 1 is 1.17 bits per heavy atom. The number of nitrogens with one attached hydrogen (secondary N) is 2. The number of rotatable bonds is 6. The summed E-state index contributed by atoms with van der Waals surface area (Å²) >= 11 is 0. The van der Waals surface area contributed by atoms with E-state index >= 15 is 0 Å². The van der Waals surface area contributed by atoms with Gasteiger partial charge in [0.15, 0.2) is 5.96 Å². The predicted octanol–water partition coefficient (Wildman–Crippen LogP) is 2.74. The highest BCUT2D eigenvalue weighted by Crippen LogP contribution is 2.40. The zero-order chi connectivity index (χ0) is 15.9. The highest BCUT2D eigenvalue weighted by molar-refractivity contribution is 5.80. The van der Waals surface area contributed by atoms with Crippen molar-refractivity contribution in [3.8, 4) is 0 Å². The summed E-state index contributed by atoms with van der Waals surface area (Å²) in [6.45, 7) is 3.71. The maximum absolute atomic E-state index is 4.67. The molecule has 1 heterocycles. The lowest BCUT2D eigenvalue weighted by Crippen LogP contribution is -2.39. The molecule has 1 aliphatic rings. The summed E-state index contributed by atoms with van der Waals surface area (Å²) in [5, 5.41) is 6.88. The van der Waals surface area contributed by atoms with Crippen LogP contribution in [-0.2, 0) is 6.42 Å². The molecule has 3 rings (SSSR count). The minimum absolute atomic E-state index is 0.491. The number of aliphatic imine (C=N–C) groups is 1. The second-order valence-electron chi connectivity index (χ2n) is 5.84. The normalized spacial score (nSPS) is 20.1. The third-order valence-electron chi connectivity index (χ3n) is 4.05. The highest BCUT2D eigenvalue weighted by Gasteiger charge is 2.38. The summed E-state index contributed by atoms with van der Waals surface area (Å²) in [4.78, 5) is 9.01. The SMILES string of the molecule is CCNC(=NCCc1ccccn1)NC1CC1c1ccccc1. The lowest BCUT2D eigenvalue weighted by Gasteiger charge is -2.11. The molecule has 1 aliphatic carbocycles. The van der Waals surface area contributed by atoms with Gasteiger partial charge in [-0.2, -0.15) is 0 Å². The number of aromatic nitrogens is 1. The molecule has 4 heteroatoms. The van der Waals surface area contributed by atoms with Crippen molar-refractivity contribution in [1.82, 2.24) is 15.6 Å². The molecule has 0 radical (unpaired) electrons. The van der Waals surface area contributed by atoms with Gasteiger partial charge in [0.25, 0.3) is 0 Å². The molecular formula is C19H24N4. The van der Waals surface area contributed by atoms with E-state index in [9.17, 15) is 0 Å². The lowest BCUT2D eigenvalue weighted by atomic mass is 10.1. The Hall–Kier alpha value is -2.36. The molecule has 4 nitrogen and oxygen atoms in total. The van der Waals surface area contributed by atoms with E-state index in [0.717, 1.165) is 31.2 Å². The van der Waals surface area contributed by atoms with Gasteiger partial charge in [0, 0.05) is 43.4 Å². The van der Waals surface area contributed by atoms with Crippen molar-refractivity contribution in [3.63, 3.8) is 0 Å². The number of benzene rings is 1. The summed E-state index contributed by atoms with van der Waals surface area (Å²) in [7, 11) is 0. The van der Waals surface area contributed by atoms with Gasteiger partial charge in [-0.15, -0.1) is 0 Å². The van der Waals surface area contributed by atoms with Crippen LogP contribution in [0.15, 0.2) is 59.7 Å². The second-order valence-corrected chi connectivity index (χ2v) is 5.84. The molecule has 2 aromatic rings. The summed E-state index contributed by atoms with van der Waals surface area (Å²) in [6, 6.07) is 17.2. The third kappa shape index (κ3) is 4.55. The molecule has 0 saturated heterocycles. The van der Waals surface area contributed by atoms with Crippen molar-refractivity contribution in [2.24, 2.45) is 4.99 Å². The fourth-order valence-electron chi connectivity index (χ4n) is 2.75. The first kappa shape index (κ1) is 15.5. The average molecular weight is 308 g/mol. The Kier molecular flexibility index (Phi) is 5.25. The van der Waals surface area contributed by atoms with Gasteiger partial charge >= 0.3 is 0 Å². The topological polar surface area (TPSA) is 49.3 Å². The molecule has 1 aromatic heterocycles. The smallest absolute Gasteiger partial charge is 0.191 e. The maximum Gasteiger partial charge on any atom is 0.191 e. The molecule has 2 atom stereocenters. The van der Waals surface area contributed by atoms with E-state index in [1.807, 2.05) is 24.4 Å². The number of nitrogens with zero attached hydrogens (tertiary/aromatic N) is 2. The lowest BCUT2D eigenvalue weighted by molar-refractivity contribution is 0.789. The van der Waals surface area contributed by atoms with Gasteiger partial charge in [-0.1, -0.05) is 36.4 Å². The Balaban J connectivity index is 1.52. The van der Waals surface area contributed by atoms with E-state index in [4.69, 9.17) is 0 Å². The molecule has 0 bridgehead atoms. The Labute approximate surface area is 138 Å². The average Bonchev–Trinajstić information content (AvgIpc) is 3.36. The highest BCUT2D eigenvalue weighted by atomic mass is 15.2. The van der Waals surface area contributed by atoms with Crippen molar-refractivity contribution in [1.29, 1.82) is 0 Å². The molecule has 1 saturated carbocycles. The molecule has 0 aliphatic heterocycles. The zero-order valence-electron chi connectivity index (χ0n) is 13.6. The molecule has 0 spiro atoms. The molecule has 2 unspecified atom stereocenters. The number of guanidine groups is 1. The van der Waals surface area contributed by atoms with E-state index in [0.29, 0.717) is 12.0 Å². The fraction of sp³-hybridized carbons (Fsp3) is 0.368. The van der Waals surface area contributed by atoms with E-state index in [1.165, 1.54) is 12.0 Å². The first-order chi connectivity index (χ1) is 11.4. The molecule has 2 N–H and O–H groups in total. The van der Waals surface area contributed by atoms with Crippen LogP contribution >= 0.6 is 0 Å². The van der Waals surface area contributed by atoms with Crippen LogP contribution in [0.2, 0.25) is 0 Å². The molecule has 1 aromatic carbocycles. The molecule has 0 amide bonds. The minimum Gasteiger partial charge on any atom is -0.357 e. The van der Waals surface area contributed by atoms with Crippen LogP contribution in [0.5, 0.6) is 0 Å². The van der Waals surface area contributed by atoms with Crippen molar-refractivity contribution >= 4 is 5.96 Å². The third-order valence-corrected chi connectivity index (χ3v) is 4.05. The quantitative estimate of drug-likeness (QED) is 0.637. The van der Waals surface area contributed by atoms with Gasteiger partial charge in [-0.05, 0) is 31.0 Å². The van der Waals surface area contributed by atoms with Gasteiger partial charge in [0.2, 0.25) is 0 Å². The summed E-state index contributed by atoms with van der Waals surface area (Å²) in [6.07, 6.45) is 3.87. The van der Waals surface area contributed by atoms with Gasteiger partial charge in [-0.25, -0.2) is 0 Å². The van der Waals surface area contributed by atoms with Crippen LogP contribution in [0.4, 0.5) is 0 Å². The van der Waals surface area contributed by atoms with Crippen LogP contribution in [-0.4, -0.2) is 30.1 Å². The van der Waals surface area contributed by atoms with Gasteiger partial charge in [0.05, 0.1) is 0 Å². The summed E-state index contributed by atoms with van der Waals surface area (Å²) in [5.74, 6) is 1.52. The Morgan fingerprint density at radius 2 is 2.00 bits per heavy atom. The second kappa shape index (κ2) is 7.77. The standard InChI is InChI=1S/C19H24N4/c1-2-20-19(22-13-11-16-10-6-7-12-21-16)23-18-14-17(18)15-8-4-3-5-9-15/h3-10,12,17-18H,2,11,13-14H2,1H3,(H2,20,22,23). The number of hydrogen-bond acceptors (Lipinski definition) is 2. The molecule has 23 heavy (non-hydrogen) atoms. The van der Waals surface area contributed by atoms with Crippen molar-refractivity contribution < 1.29 is 0 Å². The molecule has 120 valence electrons. The summed E-state index contributed by atoms with van der Waals surface area (Å²) < 4.78 is 0. The molecule has 1 fully saturated rings. The number of hydrogen-bond donors (Lipinski definition) is 2. The zero-order valence-corrected chi connectivity index (χ0v) is 13.6. The van der Waals surface area contributed by atoms with Gasteiger partial charge in [-0.3, -0.25) is 9.98 Å². The van der Waals surface area contributed by atoms with Crippen molar-refractivity contribution in [3.05, 3.63) is 66.0 Å².